The lowest BCUT2D eigenvalue weighted by molar-refractivity contribution is -0.103. The molecule has 27 heavy (non-hydrogen) atoms. The maximum atomic E-state index is 12.9. The molecule has 2 aromatic carbocycles. The molecule has 0 aromatic heterocycles. The summed E-state index contributed by atoms with van der Waals surface area (Å²) in [6, 6.07) is 15.7. The van der Waals surface area contributed by atoms with Crippen molar-refractivity contribution in [1.82, 2.24) is 0 Å². The number of para-hydroxylation sites is 2. The molecule has 136 valence electrons. The van der Waals surface area contributed by atoms with Crippen molar-refractivity contribution in [3.63, 3.8) is 0 Å². The van der Waals surface area contributed by atoms with Crippen LogP contribution in [0.3, 0.4) is 0 Å². The molecule has 0 saturated heterocycles. The van der Waals surface area contributed by atoms with Crippen LogP contribution in [0, 0.1) is 11.8 Å². The Balaban J connectivity index is 1.97. The molecule has 1 amide bonds. The van der Waals surface area contributed by atoms with E-state index < -0.39 is 12.1 Å². The summed E-state index contributed by atoms with van der Waals surface area (Å²) in [5.74, 6) is 6.70. The Kier molecular flexibility index (Phi) is 6.06. The normalized spacial score (nSPS) is 15.1. The number of hydrogen-bond acceptors (Lipinski definition) is 3. The van der Waals surface area contributed by atoms with E-state index in [9.17, 15) is 9.59 Å². The Morgan fingerprint density at radius 2 is 1.89 bits per heavy atom. The van der Waals surface area contributed by atoms with Gasteiger partial charge in [0.1, 0.15) is 11.8 Å². The third kappa shape index (κ3) is 4.27. The van der Waals surface area contributed by atoms with Gasteiger partial charge in [0.15, 0.2) is 6.29 Å². The Hall–Kier alpha value is -3.32. The van der Waals surface area contributed by atoms with Gasteiger partial charge in [-0.25, -0.2) is 4.79 Å². The highest BCUT2D eigenvalue weighted by molar-refractivity contribution is 6.13. The number of carbonyl (C=O) groups excluding carboxylic acids is 2. The zero-order valence-corrected chi connectivity index (χ0v) is 15.2. The van der Waals surface area contributed by atoms with Gasteiger partial charge in [-0.1, -0.05) is 55.7 Å². The molecular weight excluding hydrogens is 338 g/mol. The van der Waals surface area contributed by atoms with Gasteiger partial charge in [-0.3, -0.25) is 9.69 Å². The number of fused-ring (bicyclic) bond motifs is 1. The van der Waals surface area contributed by atoms with E-state index in [1.54, 1.807) is 36.4 Å². The van der Waals surface area contributed by atoms with E-state index in [1.165, 1.54) is 4.90 Å². The largest absolute Gasteiger partial charge is 0.421 e. The van der Waals surface area contributed by atoms with Crippen LogP contribution in [0.1, 0.15) is 31.7 Å². The minimum absolute atomic E-state index is 0.461. The summed E-state index contributed by atoms with van der Waals surface area (Å²) >= 11 is 0. The molecule has 1 unspecified atom stereocenters. The predicted octanol–water partition coefficient (Wildman–Crippen LogP) is 4.85. The summed E-state index contributed by atoms with van der Waals surface area (Å²) in [4.78, 5) is 26.0. The lowest BCUT2D eigenvalue weighted by atomic mass is 9.96. The number of ether oxygens (including phenoxy) is 1. The fourth-order valence-electron chi connectivity index (χ4n) is 2.91. The van der Waals surface area contributed by atoms with E-state index in [0.717, 1.165) is 25.5 Å². The van der Waals surface area contributed by atoms with Crippen molar-refractivity contribution in [3.05, 3.63) is 66.2 Å². The molecule has 2 aromatic rings. The number of carbonyl (C=O) groups is 2. The van der Waals surface area contributed by atoms with Gasteiger partial charge in [0.2, 0.25) is 0 Å². The van der Waals surface area contributed by atoms with Crippen LogP contribution in [0.5, 0.6) is 5.75 Å². The number of allylic oxidation sites excluding steroid dienone is 1. The first-order chi connectivity index (χ1) is 13.2. The van der Waals surface area contributed by atoms with E-state index in [2.05, 4.69) is 18.8 Å². The Bertz CT molecular complexity index is 906. The number of benzene rings is 2. The van der Waals surface area contributed by atoms with Gasteiger partial charge in [-0.15, -0.1) is 5.92 Å². The quantitative estimate of drug-likeness (QED) is 0.445. The number of unbranched alkanes of at least 4 members (excludes halogenated alkanes) is 2. The van der Waals surface area contributed by atoms with Crippen molar-refractivity contribution >= 4 is 23.6 Å². The van der Waals surface area contributed by atoms with E-state index in [0.29, 0.717) is 22.6 Å². The van der Waals surface area contributed by atoms with Gasteiger partial charge >= 0.3 is 6.09 Å². The number of nitrogens with zero attached hydrogens (tertiary/aromatic N) is 1. The van der Waals surface area contributed by atoms with E-state index in [-0.39, 0.29) is 0 Å². The minimum Gasteiger partial charge on any atom is -0.410 e. The molecule has 0 bridgehead atoms. The monoisotopic (exact) mass is 359 g/mol. The Morgan fingerprint density at radius 1 is 1.15 bits per heavy atom. The summed E-state index contributed by atoms with van der Waals surface area (Å²) in [5, 5.41) is 0. The van der Waals surface area contributed by atoms with Crippen LogP contribution < -0.4 is 9.64 Å². The smallest absolute Gasteiger partial charge is 0.410 e. The SMILES string of the molecule is CCCCC#CC1C=C(C=O)c2ccccc2N1C(=O)Oc1ccccc1. The summed E-state index contributed by atoms with van der Waals surface area (Å²) in [6.45, 7) is 2.10. The third-order valence-electron chi connectivity index (χ3n) is 4.27. The van der Waals surface area contributed by atoms with Crippen LogP contribution in [-0.4, -0.2) is 18.4 Å². The number of aldehydes is 1. The highest BCUT2D eigenvalue weighted by Gasteiger charge is 2.31. The Morgan fingerprint density at radius 3 is 2.63 bits per heavy atom. The second-order valence-corrected chi connectivity index (χ2v) is 6.18. The summed E-state index contributed by atoms with van der Waals surface area (Å²) in [5.41, 5.74) is 1.85. The van der Waals surface area contributed by atoms with E-state index >= 15 is 0 Å². The maximum absolute atomic E-state index is 12.9. The van der Waals surface area contributed by atoms with E-state index in [1.807, 2.05) is 24.3 Å². The summed E-state index contributed by atoms with van der Waals surface area (Å²) < 4.78 is 5.54. The van der Waals surface area contributed by atoms with Gasteiger partial charge in [0, 0.05) is 17.6 Å². The molecule has 0 radical (unpaired) electrons. The fourth-order valence-corrected chi connectivity index (χ4v) is 2.91. The van der Waals surface area contributed by atoms with Gasteiger partial charge < -0.3 is 4.74 Å². The van der Waals surface area contributed by atoms with Gasteiger partial charge in [-0.2, -0.15) is 0 Å². The van der Waals surface area contributed by atoms with Gasteiger partial charge in [0.25, 0.3) is 0 Å². The van der Waals surface area contributed by atoms with Crippen molar-refractivity contribution < 1.29 is 14.3 Å². The first-order valence-corrected chi connectivity index (χ1v) is 9.05. The van der Waals surface area contributed by atoms with Crippen molar-refractivity contribution in [2.75, 3.05) is 4.90 Å². The van der Waals surface area contributed by atoms with Crippen LogP contribution in [0.2, 0.25) is 0 Å². The van der Waals surface area contributed by atoms with Crippen LogP contribution in [0.4, 0.5) is 10.5 Å². The minimum atomic E-state index is -0.548. The molecule has 0 spiro atoms. The highest BCUT2D eigenvalue weighted by atomic mass is 16.6. The van der Waals surface area contributed by atoms with Crippen LogP contribution >= 0.6 is 0 Å². The molecule has 0 N–H and O–H groups in total. The molecule has 4 heteroatoms. The summed E-state index contributed by atoms with van der Waals surface area (Å²) in [6.07, 6.45) is 4.80. The number of anilines is 1. The zero-order valence-electron chi connectivity index (χ0n) is 15.2. The van der Waals surface area contributed by atoms with Crippen molar-refractivity contribution in [1.29, 1.82) is 0 Å². The molecule has 1 atom stereocenters. The molecule has 1 heterocycles. The van der Waals surface area contributed by atoms with Gasteiger partial charge in [0.05, 0.1) is 5.69 Å². The first kappa shape index (κ1) is 18.5. The number of rotatable bonds is 4. The average molecular weight is 359 g/mol. The lowest BCUT2D eigenvalue weighted by Gasteiger charge is -2.31. The average Bonchev–Trinajstić information content (AvgIpc) is 2.71. The third-order valence-corrected chi connectivity index (χ3v) is 4.27. The Labute approximate surface area is 159 Å². The van der Waals surface area contributed by atoms with Crippen molar-refractivity contribution in [2.45, 2.75) is 32.2 Å². The second kappa shape index (κ2) is 8.86. The standard InChI is InChI=1S/C23H21NO3/c1-2-3-4-6-11-19-16-18(17-25)21-14-9-10-15-22(21)24(19)23(26)27-20-12-7-5-8-13-20/h5,7-10,12-17,19H,2-4H2,1H3. The maximum Gasteiger partial charge on any atom is 0.421 e. The topological polar surface area (TPSA) is 46.6 Å². The summed E-state index contributed by atoms with van der Waals surface area (Å²) in [7, 11) is 0. The molecular formula is C23H21NO3. The molecule has 0 aliphatic carbocycles. The van der Waals surface area contributed by atoms with Crippen LogP contribution in [0.15, 0.2) is 60.7 Å². The molecule has 0 fully saturated rings. The second-order valence-electron chi connectivity index (χ2n) is 6.18. The van der Waals surface area contributed by atoms with Crippen molar-refractivity contribution in [3.8, 4) is 17.6 Å². The van der Waals surface area contributed by atoms with Crippen LogP contribution in [-0.2, 0) is 4.79 Å². The molecule has 1 aliphatic heterocycles. The van der Waals surface area contributed by atoms with Crippen LogP contribution in [0.25, 0.3) is 5.57 Å². The van der Waals surface area contributed by atoms with Gasteiger partial charge in [-0.05, 0) is 30.7 Å². The molecule has 1 aliphatic rings. The number of hydrogen-bond donors (Lipinski definition) is 0. The predicted molar refractivity (Wildman–Crippen MR) is 107 cm³/mol. The lowest BCUT2D eigenvalue weighted by Crippen LogP contribution is -2.43. The molecule has 0 saturated carbocycles. The van der Waals surface area contributed by atoms with E-state index in [4.69, 9.17) is 4.74 Å². The first-order valence-electron chi connectivity index (χ1n) is 9.05. The number of amides is 1. The zero-order chi connectivity index (χ0) is 19.1. The highest BCUT2D eigenvalue weighted by Crippen LogP contribution is 2.33. The fraction of sp³-hybridized carbons (Fsp3) is 0.217. The van der Waals surface area contributed by atoms with Crippen molar-refractivity contribution in [2.24, 2.45) is 0 Å². The molecule has 4 nitrogen and oxygen atoms in total. The molecule has 3 rings (SSSR count).